The molecule has 0 fully saturated rings. The lowest BCUT2D eigenvalue weighted by atomic mass is 9.88. The topological polar surface area (TPSA) is 35.8 Å². The predicted molar refractivity (Wildman–Crippen MR) is 107 cm³/mol. The van der Waals surface area contributed by atoms with Crippen LogP contribution in [0.15, 0.2) is 96.0 Å². The van der Waals surface area contributed by atoms with Gasteiger partial charge in [-0.3, -0.25) is 4.99 Å². The van der Waals surface area contributed by atoms with E-state index in [-0.39, 0.29) is 6.04 Å². The van der Waals surface area contributed by atoms with Crippen molar-refractivity contribution < 1.29 is 5.11 Å². The quantitative estimate of drug-likeness (QED) is 0.770. The molecule has 0 aliphatic carbocycles. The Morgan fingerprint density at radius 1 is 0.846 bits per heavy atom. The third-order valence-corrected chi connectivity index (χ3v) is 5.00. The standard InChI is InChI=1S/C23H22N2O/c1-23(26,19-13-7-3-8-14-19)21-17-25(20-15-9-4-10-16-20)22(24-21)18-11-5-2-6-12-18/h2-16,21,26H,17H2,1H3/t21-,23+/m1/s1. The van der Waals surface area contributed by atoms with Crippen LogP contribution in [-0.2, 0) is 5.60 Å². The number of benzene rings is 3. The first-order chi connectivity index (χ1) is 12.7. The van der Waals surface area contributed by atoms with Gasteiger partial charge in [0.1, 0.15) is 17.5 Å². The molecule has 0 aromatic heterocycles. The smallest absolute Gasteiger partial charge is 0.135 e. The predicted octanol–water partition coefficient (Wildman–Crippen LogP) is 4.23. The van der Waals surface area contributed by atoms with Crippen molar-refractivity contribution in [2.75, 3.05) is 11.4 Å². The highest BCUT2D eigenvalue weighted by Gasteiger charge is 2.40. The second-order valence-corrected chi connectivity index (χ2v) is 6.79. The van der Waals surface area contributed by atoms with Crippen molar-refractivity contribution in [3.05, 3.63) is 102 Å². The number of amidine groups is 1. The van der Waals surface area contributed by atoms with Crippen LogP contribution in [0.2, 0.25) is 0 Å². The van der Waals surface area contributed by atoms with E-state index in [9.17, 15) is 5.11 Å². The van der Waals surface area contributed by atoms with E-state index in [2.05, 4.69) is 29.2 Å². The lowest BCUT2D eigenvalue weighted by Crippen LogP contribution is -2.39. The summed E-state index contributed by atoms with van der Waals surface area (Å²) >= 11 is 0. The van der Waals surface area contributed by atoms with Crippen molar-refractivity contribution >= 4 is 11.5 Å². The van der Waals surface area contributed by atoms with Crippen molar-refractivity contribution in [3.63, 3.8) is 0 Å². The normalized spacial score (nSPS) is 19.1. The van der Waals surface area contributed by atoms with Gasteiger partial charge in [0.2, 0.25) is 0 Å². The van der Waals surface area contributed by atoms with Gasteiger partial charge in [-0.25, -0.2) is 0 Å². The van der Waals surface area contributed by atoms with E-state index in [4.69, 9.17) is 4.99 Å². The summed E-state index contributed by atoms with van der Waals surface area (Å²) in [5.41, 5.74) is 1.99. The molecule has 1 aliphatic heterocycles. The molecule has 0 radical (unpaired) electrons. The summed E-state index contributed by atoms with van der Waals surface area (Å²) in [6.07, 6.45) is 0. The number of hydrogen-bond acceptors (Lipinski definition) is 3. The number of anilines is 1. The molecule has 26 heavy (non-hydrogen) atoms. The maximum atomic E-state index is 11.3. The van der Waals surface area contributed by atoms with Crippen molar-refractivity contribution in [1.82, 2.24) is 0 Å². The zero-order valence-corrected chi connectivity index (χ0v) is 14.8. The summed E-state index contributed by atoms with van der Waals surface area (Å²) < 4.78 is 0. The van der Waals surface area contributed by atoms with Crippen LogP contribution in [0.5, 0.6) is 0 Å². The Balaban J connectivity index is 1.75. The fourth-order valence-electron chi connectivity index (χ4n) is 3.44. The molecule has 0 saturated heterocycles. The minimum Gasteiger partial charge on any atom is -0.383 e. The van der Waals surface area contributed by atoms with Gasteiger partial charge in [-0.2, -0.15) is 0 Å². The van der Waals surface area contributed by atoms with Gasteiger partial charge in [-0.1, -0.05) is 78.9 Å². The van der Waals surface area contributed by atoms with Crippen molar-refractivity contribution in [2.24, 2.45) is 4.99 Å². The molecule has 1 N–H and O–H groups in total. The molecule has 0 spiro atoms. The molecule has 0 unspecified atom stereocenters. The van der Waals surface area contributed by atoms with E-state index in [1.165, 1.54) is 0 Å². The van der Waals surface area contributed by atoms with Gasteiger partial charge in [0.05, 0.1) is 6.54 Å². The molecule has 1 heterocycles. The van der Waals surface area contributed by atoms with Crippen LogP contribution < -0.4 is 4.90 Å². The van der Waals surface area contributed by atoms with E-state index in [1.54, 1.807) is 0 Å². The first kappa shape index (κ1) is 16.6. The van der Waals surface area contributed by atoms with Crippen LogP contribution in [-0.4, -0.2) is 23.5 Å². The number of aliphatic imine (C=N–C) groups is 1. The maximum absolute atomic E-state index is 11.3. The van der Waals surface area contributed by atoms with E-state index in [0.717, 1.165) is 22.6 Å². The Labute approximate surface area is 154 Å². The number of rotatable bonds is 4. The minimum absolute atomic E-state index is 0.250. The first-order valence-electron chi connectivity index (χ1n) is 8.90. The molecule has 0 saturated carbocycles. The number of para-hydroxylation sites is 1. The average Bonchev–Trinajstić information content (AvgIpc) is 3.16. The Kier molecular flexibility index (Phi) is 4.31. The number of aliphatic hydroxyl groups is 1. The van der Waals surface area contributed by atoms with Gasteiger partial charge < -0.3 is 10.0 Å². The SMILES string of the molecule is C[C@](O)(c1ccccc1)[C@H]1CN(c2ccccc2)C(c2ccccc2)=N1. The lowest BCUT2D eigenvalue weighted by Gasteiger charge is -2.29. The van der Waals surface area contributed by atoms with Gasteiger partial charge in [0, 0.05) is 11.3 Å². The second kappa shape index (κ2) is 6.77. The Morgan fingerprint density at radius 3 is 2.00 bits per heavy atom. The molecule has 130 valence electrons. The van der Waals surface area contributed by atoms with Gasteiger partial charge in [0.25, 0.3) is 0 Å². The van der Waals surface area contributed by atoms with Gasteiger partial charge in [-0.15, -0.1) is 0 Å². The van der Waals surface area contributed by atoms with Crippen molar-refractivity contribution in [2.45, 2.75) is 18.6 Å². The molecule has 1 aliphatic rings. The molecule has 2 atom stereocenters. The van der Waals surface area contributed by atoms with Gasteiger partial charge in [0.15, 0.2) is 0 Å². The second-order valence-electron chi connectivity index (χ2n) is 6.79. The molecule has 4 rings (SSSR count). The molecule has 3 aromatic rings. The first-order valence-corrected chi connectivity index (χ1v) is 8.90. The third-order valence-electron chi connectivity index (χ3n) is 5.00. The molecule has 3 nitrogen and oxygen atoms in total. The van der Waals surface area contributed by atoms with Crippen LogP contribution in [0, 0.1) is 0 Å². The zero-order chi connectivity index (χ0) is 18.0. The zero-order valence-electron chi connectivity index (χ0n) is 14.8. The Hall–Kier alpha value is -2.91. The lowest BCUT2D eigenvalue weighted by molar-refractivity contribution is 0.0351. The van der Waals surface area contributed by atoms with E-state index >= 15 is 0 Å². The van der Waals surface area contributed by atoms with Crippen LogP contribution in [0.1, 0.15) is 18.1 Å². The molecule has 3 heteroatoms. The van der Waals surface area contributed by atoms with Crippen LogP contribution in [0.25, 0.3) is 0 Å². The number of hydrogen-bond donors (Lipinski definition) is 1. The third kappa shape index (κ3) is 3.02. The summed E-state index contributed by atoms with van der Waals surface area (Å²) in [5.74, 6) is 0.901. The fraction of sp³-hybridized carbons (Fsp3) is 0.174. The summed E-state index contributed by atoms with van der Waals surface area (Å²) in [5, 5.41) is 11.3. The highest BCUT2D eigenvalue weighted by Crippen LogP contribution is 2.33. The summed E-state index contributed by atoms with van der Waals surface area (Å²) in [6, 6.07) is 29.9. The Bertz CT molecular complexity index is 889. The summed E-state index contributed by atoms with van der Waals surface area (Å²) in [7, 11) is 0. The molecule has 0 bridgehead atoms. The highest BCUT2D eigenvalue weighted by molar-refractivity contribution is 6.11. The molecule has 3 aromatic carbocycles. The average molecular weight is 342 g/mol. The summed E-state index contributed by atoms with van der Waals surface area (Å²) in [4.78, 5) is 7.15. The minimum atomic E-state index is -1.04. The maximum Gasteiger partial charge on any atom is 0.135 e. The molecular formula is C23H22N2O. The van der Waals surface area contributed by atoms with Crippen LogP contribution in [0.3, 0.4) is 0 Å². The highest BCUT2D eigenvalue weighted by atomic mass is 16.3. The monoisotopic (exact) mass is 342 g/mol. The Morgan fingerprint density at radius 2 is 1.38 bits per heavy atom. The van der Waals surface area contributed by atoms with E-state index < -0.39 is 5.60 Å². The molecule has 0 amide bonds. The van der Waals surface area contributed by atoms with Crippen LogP contribution >= 0.6 is 0 Å². The van der Waals surface area contributed by atoms with E-state index in [1.807, 2.05) is 73.7 Å². The fourth-order valence-corrected chi connectivity index (χ4v) is 3.44. The van der Waals surface area contributed by atoms with Gasteiger partial charge in [-0.05, 0) is 24.6 Å². The summed E-state index contributed by atoms with van der Waals surface area (Å²) in [6.45, 7) is 2.49. The van der Waals surface area contributed by atoms with Crippen molar-refractivity contribution in [3.8, 4) is 0 Å². The van der Waals surface area contributed by atoms with E-state index in [0.29, 0.717) is 6.54 Å². The van der Waals surface area contributed by atoms with Crippen LogP contribution in [0.4, 0.5) is 5.69 Å². The van der Waals surface area contributed by atoms with Crippen molar-refractivity contribution in [1.29, 1.82) is 0 Å². The number of nitrogens with zero attached hydrogens (tertiary/aromatic N) is 2. The molecular weight excluding hydrogens is 320 g/mol. The largest absolute Gasteiger partial charge is 0.383 e. The van der Waals surface area contributed by atoms with Gasteiger partial charge >= 0.3 is 0 Å².